The number of rotatable bonds is 1. The summed E-state index contributed by atoms with van der Waals surface area (Å²) in [6, 6.07) is 0. The minimum Gasteiger partial charge on any atom is -0.392 e. The van der Waals surface area contributed by atoms with Crippen LogP contribution >= 0.6 is 0 Å². The standard InChI is InChI=1S/C6H7NO/c1-3-6(7)5(2)4-8/h1,4H,7H2,2H3. The maximum absolute atomic E-state index is 9.87. The van der Waals surface area contributed by atoms with Crippen LogP contribution in [0.3, 0.4) is 0 Å². The highest BCUT2D eigenvalue weighted by molar-refractivity contribution is 5.74. The van der Waals surface area contributed by atoms with E-state index in [2.05, 4.69) is 5.92 Å². The van der Waals surface area contributed by atoms with Crippen LogP contribution in [0.15, 0.2) is 11.3 Å². The average molecular weight is 109 g/mol. The quantitative estimate of drug-likeness (QED) is 0.294. The molecule has 0 aliphatic heterocycles. The fourth-order valence-corrected chi connectivity index (χ4v) is 0.177. The third kappa shape index (κ3) is 1.48. The van der Waals surface area contributed by atoms with Crippen molar-refractivity contribution in [1.82, 2.24) is 0 Å². The molecule has 0 heterocycles. The Kier molecular flexibility index (Phi) is 2.42. The van der Waals surface area contributed by atoms with Gasteiger partial charge in [0.15, 0.2) is 0 Å². The number of nitrogens with two attached hydrogens (primary N) is 1. The Bertz CT molecular complexity index is 162. The third-order valence-electron chi connectivity index (χ3n) is 0.757. The van der Waals surface area contributed by atoms with Crippen LogP contribution in [0.25, 0.3) is 0 Å². The summed E-state index contributed by atoms with van der Waals surface area (Å²) in [4.78, 5) is 9.87. The normalized spacial score (nSPS) is 11.5. The summed E-state index contributed by atoms with van der Waals surface area (Å²) < 4.78 is 0. The smallest absolute Gasteiger partial charge is 0.148 e. The van der Waals surface area contributed by atoms with Crippen molar-refractivity contribution in [2.45, 2.75) is 6.92 Å². The Labute approximate surface area is 48.4 Å². The lowest BCUT2D eigenvalue weighted by molar-refractivity contribution is -0.104. The second-order valence-electron chi connectivity index (χ2n) is 1.36. The molecular formula is C6H7NO. The fraction of sp³-hybridized carbons (Fsp3) is 0.167. The fourth-order valence-electron chi connectivity index (χ4n) is 0.177. The number of aldehydes is 1. The van der Waals surface area contributed by atoms with Crippen molar-refractivity contribution in [1.29, 1.82) is 0 Å². The summed E-state index contributed by atoms with van der Waals surface area (Å²) in [5.41, 5.74) is 5.76. The van der Waals surface area contributed by atoms with E-state index < -0.39 is 0 Å². The molecule has 2 nitrogen and oxygen atoms in total. The highest BCUT2D eigenvalue weighted by atomic mass is 16.1. The molecule has 0 aromatic carbocycles. The first-order valence-electron chi connectivity index (χ1n) is 2.10. The number of carbonyl (C=O) groups excluding carboxylic acids is 1. The Morgan fingerprint density at radius 2 is 2.38 bits per heavy atom. The van der Waals surface area contributed by atoms with Gasteiger partial charge in [-0.3, -0.25) is 4.79 Å². The van der Waals surface area contributed by atoms with Crippen molar-refractivity contribution in [3.63, 3.8) is 0 Å². The van der Waals surface area contributed by atoms with E-state index in [1.54, 1.807) is 6.92 Å². The van der Waals surface area contributed by atoms with E-state index in [1.165, 1.54) is 0 Å². The molecule has 0 amide bonds. The molecular weight excluding hydrogens is 102 g/mol. The predicted molar refractivity (Wildman–Crippen MR) is 31.8 cm³/mol. The summed E-state index contributed by atoms with van der Waals surface area (Å²) in [5, 5.41) is 0. The van der Waals surface area contributed by atoms with E-state index in [1.807, 2.05) is 0 Å². The molecule has 0 spiro atoms. The van der Waals surface area contributed by atoms with Gasteiger partial charge in [0, 0.05) is 5.57 Å². The molecule has 2 heteroatoms. The van der Waals surface area contributed by atoms with Crippen molar-refractivity contribution >= 4 is 6.29 Å². The summed E-state index contributed by atoms with van der Waals surface area (Å²) in [5.74, 6) is 2.14. The Morgan fingerprint density at radius 1 is 1.88 bits per heavy atom. The zero-order chi connectivity index (χ0) is 6.57. The molecule has 2 N–H and O–H groups in total. The lowest BCUT2D eigenvalue weighted by atomic mass is 10.3. The average Bonchev–Trinajstić information content (AvgIpc) is 1.84. The van der Waals surface area contributed by atoms with Crippen LogP contribution in [0.1, 0.15) is 6.92 Å². The zero-order valence-electron chi connectivity index (χ0n) is 4.64. The molecule has 0 saturated heterocycles. The van der Waals surface area contributed by atoms with E-state index in [0.717, 1.165) is 0 Å². The van der Waals surface area contributed by atoms with Gasteiger partial charge < -0.3 is 5.73 Å². The molecule has 0 bridgehead atoms. The van der Waals surface area contributed by atoms with Gasteiger partial charge in [-0.15, -0.1) is 6.42 Å². The Morgan fingerprint density at radius 3 is 2.50 bits per heavy atom. The molecule has 0 aromatic rings. The van der Waals surface area contributed by atoms with Crippen LogP contribution in [0.5, 0.6) is 0 Å². The Hall–Kier alpha value is -1.23. The van der Waals surface area contributed by atoms with Gasteiger partial charge in [-0.05, 0) is 6.92 Å². The van der Waals surface area contributed by atoms with Gasteiger partial charge in [-0.1, -0.05) is 5.92 Å². The van der Waals surface area contributed by atoms with Crippen LogP contribution in [0.2, 0.25) is 0 Å². The van der Waals surface area contributed by atoms with Crippen LogP contribution < -0.4 is 5.73 Å². The van der Waals surface area contributed by atoms with E-state index in [0.29, 0.717) is 11.9 Å². The highest BCUT2D eigenvalue weighted by Gasteiger charge is 1.87. The van der Waals surface area contributed by atoms with E-state index in [-0.39, 0.29) is 5.70 Å². The number of hydrogen-bond donors (Lipinski definition) is 1. The largest absolute Gasteiger partial charge is 0.392 e. The van der Waals surface area contributed by atoms with Crippen LogP contribution in [-0.4, -0.2) is 6.29 Å². The molecule has 8 heavy (non-hydrogen) atoms. The molecule has 0 unspecified atom stereocenters. The van der Waals surface area contributed by atoms with E-state index in [4.69, 9.17) is 12.2 Å². The monoisotopic (exact) mass is 109 g/mol. The van der Waals surface area contributed by atoms with Crippen molar-refractivity contribution < 1.29 is 4.79 Å². The van der Waals surface area contributed by atoms with Crippen molar-refractivity contribution in [3.05, 3.63) is 11.3 Å². The molecule has 0 aromatic heterocycles. The van der Waals surface area contributed by atoms with Crippen LogP contribution in [0, 0.1) is 12.3 Å². The number of hydrogen-bond acceptors (Lipinski definition) is 2. The van der Waals surface area contributed by atoms with Gasteiger partial charge >= 0.3 is 0 Å². The maximum atomic E-state index is 9.87. The highest BCUT2D eigenvalue weighted by Crippen LogP contribution is 1.88. The number of carbonyl (C=O) groups is 1. The number of terminal acetylenes is 1. The van der Waals surface area contributed by atoms with Crippen molar-refractivity contribution in [2.75, 3.05) is 0 Å². The first-order chi connectivity index (χ1) is 3.72. The van der Waals surface area contributed by atoms with Gasteiger partial charge in [0.25, 0.3) is 0 Å². The lowest BCUT2D eigenvalue weighted by Crippen LogP contribution is -1.97. The SMILES string of the molecule is C#CC(N)=C(C)C=O. The molecule has 0 aliphatic carbocycles. The van der Waals surface area contributed by atoms with Crippen molar-refractivity contribution in [2.24, 2.45) is 5.73 Å². The van der Waals surface area contributed by atoms with Crippen molar-refractivity contribution in [3.8, 4) is 12.3 Å². The molecule has 0 fully saturated rings. The molecule has 0 radical (unpaired) electrons. The van der Waals surface area contributed by atoms with Gasteiger partial charge in [-0.25, -0.2) is 0 Å². The molecule has 42 valence electrons. The minimum atomic E-state index is 0.208. The van der Waals surface area contributed by atoms with Crippen LogP contribution in [-0.2, 0) is 4.79 Å². The maximum Gasteiger partial charge on any atom is 0.148 e. The topological polar surface area (TPSA) is 43.1 Å². The van der Waals surface area contributed by atoms with Gasteiger partial charge in [0.2, 0.25) is 0 Å². The summed E-state index contributed by atoms with van der Waals surface area (Å²) >= 11 is 0. The minimum absolute atomic E-state index is 0.208. The Balaban J connectivity index is 4.33. The first-order valence-corrected chi connectivity index (χ1v) is 2.10. The van der Waals surface area contributed by atoms with E-state index in [9.17, 15) is 4.79 Å². The predicted octanol–water partition coefficient (Wildman–Crippen LogP) is 0.0512. The number of allylic oxidation sites excluding steroid dienone is 2. The van der Waals surface area contributed by atoms with Gasteiger partial charge in [0.1, 0.15) is 6.29 Å². The van der Waals surface area contributed by atoms with Gasteiger partial charge in [0.05, 0.1) is 5.70 Å². The lowest BCUT2D eigenvalue weighted by Gasteiger charge is -1.87. The molecule has 0 atom stereocenters. The molecule has 0 saturated carbocycles. The van der Waals surface area contributed by atoms with E-state index >= 15 is 0 Å². The second kappa shape index (κ2) is 2.86. The molecule has 0 rings (SSSR count). The zero-order valence-corrected chi connectivity index (χ0v) is 4.64. The summed E-state index contributed by atoms with van der Waals surface area (Å²) in [6.45, 7) is 1.57. The third-order valence-corrected chi connectivity index (χ3v) is 0.757. The molecule has 0 aliphatic rings. The van der Waals surface area contributed by atoms with Crippen LogP contribution in [0.4, 0.5) is 0 Å². The summed E-state index contributed by atoms with van der Waals surface area (Å²) in [7, 11) is 0. The summed E-state index contributed by atoms with van der Waals surface area (Å²) in [6.07, 6.45) is 5.49. The second-order valence-corrected chi connectivity index (χ2v) is 1.36. The van der Waals surface area contributed by atoms with Gasteiger partial charge in [-0.2, -0.15) is 0 Å². The first kappa shape index (κ1) is 6.77.